The van der Waals surface area contributed by atoms with E-state index in [1.165, 1.54) is 68.9 Å². The molecule has 0 unspecified atom stereocenters. The van der Waals surface area contributed by atoms with Gasteiger partial charge >= 0.3 is 0 Å². The Labute approximate surface area is 113 Å². The lowest BCUT2D eigenvalue weighted by atomic mass is 10.0. The summed E-state index contributed by atoms with van der Waals surface area (Å²) < 4.78 is 0. The van der Waals surface area contributed by atoms with E-state index in [0.717, 1.165) is 6.54 Å². The Bertz CT molecular complexity index is 289. The summed E-state index contributed by atoms with van der Waals surface area (Å²) in [7, 11) is 0. The Morgan fingerprint density at radius 3 is 1.78 bits per heavy atom. The van der Waals surface area contributed by atoms with Crippen LogP contribution in [0.25, 0.3) is 0 Å². The number of aryl methyl sites for hydroxylation is 2. The molecule has 0 bridgehead atoms. The molecule has 0 aliphatic rings. The SMILES string of the molecule is Cc1ccc(CCCCCCCCCCN)cc1. The predicted molar refractivity (Wildman–Crippen MR) is 80.9 cm³/mol. The molecule has 0 atom stereocenters. The average molecular weight is 247 g/mol. The maximum absolute atomic E-state index is 5.47. The van der Waals surface area contributed by atoms with Crippen LogP contribution < -0.4 is 5.73 Å². The molecule has 0 spiro atoms. The molecule has 18 heavy (non-hydrogen) atoms. The van der Waals surface area contributed by atoms with E-state index in [4.69, 9.17) is 5.73 Å². The molecule has 2 N–H and O–H groups in total. The van der Waals surface area contributed by atoms with Crippen molar-refractivity contribution in [3.8, 4) is 0 Å². The van der Waals surface area contributed by atoms with E-state index in [1.807, 2.05) is 0 Å². The molecule has 0 heterocycles. The summed E-state index contributed by atoms with van der Waals surface area (Å²) in [4.78, 5) is 0. The highest BCUT2D eigenvalue weighted by Gasteiger charge is 1.94. The van der Waals surface area contributed by atoms with Gasteiger partial charge in [0.2, 0.25) is 0 Å². The minimum Gasteiger partial charge on any atom is -0.330 e. The van der Waals surface area contributed by atoms with Gasteiger partial charge in [-0.2, -0.15) is 0 Å². The van der Waals surface area contributed by atoms with Crippen molar-refractivity contribution in [1.29, 1.82) is 0 Å². The molecule has 0 fully saturated rings. The number of rotatable bonds is 10. The lowest BCUT2D eigenvalue weighted by Crippen LogP contribution is -1.97. The van der Waals surface area contributed by atoms with Crippen LogP contribution in [0.15, 0.2) is 24.3 Å². The average Bonchev–Trinajstić information content (AvgIpc) is 2.39. The summed E-state index contributed by atoms with van der Waals surface area (Å²) in [6, 6.07) is 8.96. The molecule has 0 saturated carbocycles. The summed E-state index contributed by atoms with van der Waals surface area (Å²) in [5, 5.41) is 0. The molecule has 102 valence electrons. The first-order valence-electron chi connectivity index (χ1n) is 7.58. The van der Waals surface area contributed by atoms with Crippen LogP contribution >= 0.6 is 0 Å². The maximum atomic E-state index is 5.47. The second kappa shape index (κ2) is 10.1. The molecule has 0 radical (unpaired) electrons. The van der Waals surface area contributed by atoms with E-state index in [0.29, 0.717) is 0 Å². The van der Waals surface area contributed by atoms with Gasteiger partial charge in [0, 0.05) is 0 Å². The standard InChI is InChI=1S/C17H29N/c1-16-11-13-17(14-12-16)10-8-6-4-2-3-5-7-9-15-18/h11-14H,2-10,15,18H2,1H3. The van der Waals surface area contributed by atoms with Gasteiger partial charge in [0.05, 0.1) is 0 Å². The van der Waals surface area contributed by atoms with E-state index in [2.05, 4.69) is 31.2 Å². The highest BCUT2D eigenvalue weighted by Crippen LogP contribution is 2.11. The van der Waals surface area contributed by atoms with E-state index in [-0.39, 0.29) is 0 Å². The minimum atomic E-state index is 0.858. The maximum Gasteiger partial charge on any atom is -0.00773 e. The zero-order valence-electron chi connectivity index (χ0n) is 12.0. The Morgan fingerprint density at radius 2 is 1.22 bits per heavy atom. The van der Waals surface area contributed by atoms with E-state index in [1.54, 1.807) is 0 Å². The smallest absolute Gasteiger partial charge is 0.00773 e. The van der Waals surface area contributed by atoms with Crippen LogP contribution in [-0.4, -0.2) is 6.54 Å². The second-order valence-corrected chi connectivity index (χ2v) is 5.35. The first-order valence-corrected chi connectivity index (χ1v) is 7.58. The third-order valence-corrected chi connectivity index (χ3v) is 3.54. The molecule has 1 heteroatoms. The van der Waals surface area contributed by atoms with Gasteiger partial charge in [0.25, 0.3) is 0 Å². The van der Waals surface area contributed by atoms with Crippen molar-refractivity contribution in [2.24, 2.45) is 5.73 Å². The van der Waals surface area contributed by atoms with Crippen LogP contribution in [0.3, 0.4) is 0 Å². The molecule has 0 amide bonds. The summed E-state index contributed by atoms with van der Waals surface area (Å²) in [5.41, 5.74) is 8.32. The molecule has 1 rings (SSSR count). The third-order valence-electron chi connectivity index (χ3n) is 3.54. The first kappa shape index (κ1) is 15.2. The molecule has 0 saturated heterocycles. The monoisotopic (exact) mass is 247 g/mol. The lowest BCUT2D eigenvalue weighted by molar-refractivity contribution is 0.570. The molecule has 0 aliphatic heterocycles. The third kappa shape index (κ3) is 7.50. The molecular weight excluding hydrogens is 218 g/mol. The Balaban J connectivity index is 1.91. The molecule has 0 aromatic heterocycles. The molecule has 1 aromatic rings. The Hall–Kier alpha value is -0.820. The molecule has 1 nitrogen and oxygen atoms in total. The van der Waals surface area contributed by atoms with Crippen LogP contribution in [0.4, 0.5) is 0 Å². The normalized spacial score (nSPS) is 10.8. The van der Waals surface area contributed by atoms with Crippen molar-refractivity contribution in [2.75, 3.05) is 6.54 Å². The fourth-order valence-corrected chi connectivity index (χ4v) is 2.29. The summed E-state index contributed by atoms with van der Waals surface area (Å²) >= 11 is 0. The fraction of sp³-hybridized carbons (Fsp3) is 0.647. The van der Waals surface area contributed by atoms with Gasteiger partial charge in [-0.1, -0.05) is 68.4 Å². The van der Waals surface area contributed by atoms with Gasteiger partial charge < -0.3 is 5.73 Å². The number of unbranched alkanes of at least 4 members (excludes halogenated alkanes) is 7. The van der Waals surface area contributed by atoms with Crippen molar-refractivity contribution in [3.63, 3.8) is 0 Å². The predicted octanol–water partition coefficient (Wildman–Crippen LogP) is 4.62. The van der Waals surface area contributed by atoms with Gasteiger partial charge in [0.1, 0.15) is 0 Å². The summed E-state index contributed by atoms with van der Waals surface area (Å²) in [6.07, 6.45) is 12.0. The zero-order valence-corrected chi connectivity index (χ0v) is 12.0. The highest BCUT2D eigenvalue weighted by atomic mass is 14.5. The first-order chi connectivity index (χ1) is 8.83. The minimum absolute atomic E-state index is 0.858. The van der Waals surface area contributed by atoms with Crippen molar-refractivity contribution < 1.29 is 0 Å². The molecular formula is C17H29N. The van der Waals surface area contributed by atoms with E-state index >= 15 is 0 Å². The Morgan fingerprint density at radius 1 is 0.722 bits per heavy atom. The van der Waals surface area contributed by atoms with Gasteiger partial charge in [-0.15, -0.1) is 0 Å². The van der Waals surface area contributed by atoms with Crippen LogP contribution in [0, 0.1) is 6.92 Å². The quantitative estimate of drug-likeness (QED) is 0.600. The van der Waals surface area contributed by atoms with Crippen molar-refractivity contribution in [1.82, 2.24) is 0 Å². The zero-order chi connectivity index (χ0) is 13.1. The van der Waals surface area contributed by atoms with Gasteiger partial charge in [0.15, 0.2) is 0 Å². The van der Waals surface area contributed by atoms with Crippen molar-refractivity contribution in [2.45, 2.75) is 64.7 Å². The number of benzene rings is 1. The molecule has 0 aliphatic carbocycles. The van der Waals surface area contributed by atoms with Crippen molar-refractivity contribution >= 4 is 0 Å². The summed E-state index contributed by atoms with van der Waals surface area (Å²) in [6.45, 7) is 3.00. The van der Waals surface area contributed by atoms with E-state index in [9.17, 15) is 0 Å². The van der Waals surface area contributed by atoms with Crippen molar-refractivity contribution in [3.05, 3.63) is 35.4 Å². The van der Waals surface area contributed by atoms with E-state index < -0.39 is 0 Å². The van der Waals surface area contributed by atoms with Crippen LogP contribution in [0.2, 0.25) is 0 Å². The summed E-state index contributed by atoms with van der Waals surface area (Å²) in [5.74, 6) is 0. The highest BCUT2D eigenvalue weighted by molar-refractivity contribution is 5.21. The van der Waals surface area contributed by atoms with Crippen LogP contribution in [0.1, 0.15) is 62.5 Å². The van der Waals surface area contributed by atoms with Gasteiger partial charge in [-0.25, -0.2) is 0 Å². The van der Waals surface area contributed by atoms with Gasteiger partial charge in [-0.3, -0.25) is 0 Å². The molecule has 1 aromatic carbocycles. The second-order valence-electron chi connectivity index (χ2n) is 5.35. The number of hydrogen-bond donors (Lipinski definition) is 1. The van der Waals surface area contributed by atoms with Crippen LogP contribution in [-0.2, 0) is 6.42 Å². The van der Waals surface area contributed by atoms with Gasteiger partial charge in [-0.05, 0) is 38.3 Å². The topological polar surface area (TPSA) is 26.0 Å². The lowest BCUT2D eigenvalue weighted by Gasteiger charge is -2.03. The fourth-order valence-electron chi connectivity index (χ4n) is 2.29. The Kier molecular flexibility index (Phi) is 8.58. The number of nitrogens with two attached hydrogens (primary N) is 1. The largest absolute Gasteiger partial charge is 0.330 e. The van der Waals surface area contributed by atoms with Crippen LogP contribution in [0.5, 0.6) is 0 Å². The number of hydrogen-bond acceptors (Lipinski definition) is 1.